The number of hydrogen-bond acceptors (Lipinski definition) is 8. The molecule has 0 bridgehead atoms. The van der Waals surface area contributed by atoms with Crippen molar-refractivity contribution in [2.45, 2.75) is 53.1 Å². The topological polar surface area (TPSA) is 105 Å². The zero-order valence-corrected chi connectivity index (χ0v) is 18.2. The molecule has 1 saturated heterocycles. The highest BCUT2D eigenvalue weighted by molar-refractivity contribution is 6.04. The van der Waals surface area contributed by atoms with Crippen molar-refractivity contribution in [3.8, 4) is 0 Å². The van der Waals surface area contributed by atoms with Crippen LogP contribution in [0.4, 0.5) is 0 Å². The highest BCUT2D eigenvalue weighted by Crippen LogP contribution is 2.61. The summed E-state index contributed by atoms with van der Waals surface area (Å²) in [6.07, 6.45) is 1.94. The molecule has 0 aromatic heterocycles. The number of hydrogen-bond donors (Lipinski definition) is 0. The van der Waals surface area contributed by atoms with Gasteiger partial charge in [-0.15, -0.1) is 0 Å². The predicted molar refractivity (Wildman–Crippen MR) is 104 cm³/mol. The third kappa shape index (κ3) is 3.13. The van der Waals surface area contributed by atoms with E-state index in [1.807, 2.05) is 27.7 Å². The minimum atomic E-state index is -1.48. The van der Waals surface area contributed by atoms with Gasteiger partial charge in [0.25, 0.3) is 0 Å². The summed E-state index contributed by atoms with van der Waals surface area (Å²) in [5.74, 6) is -3.57. The van der Waals surface area contributed by atoms with E-state index in [-0.39, 0.29) is 23.7 Å². The molecule has 8 heteroatoms. The molecule has 2 heterocycles. The molecular formula is C22H28O8. The molecule has 2 aliphatic heterocycles. The normalized spacial score (nSPS) is 31.5. The first-order valence-corrected chi connectivity index (χ1v) is 10.1. The Labute approximate surface area is 175 Å². The Morgan fingerprint density at radius 2 is 1.80 bits per heavy atom. The van der Waals surface area contributed by atoms with Crippen molar-refractivity contribution in [2.75, 3.05) is 14.2 Å². The molecule has 0 radical (unpaired) electrons. The van der Waals surface area contributed by atoms with Crippen LogP contribution in [0.15, 0.2) is 23.0 Å². The van der Waals surface area contributed by atoms with Crippen molar-refractivity contribution < 1.29 is 38.1 Å². The lowest BCUT2D eigenvalue weighted by atomic mass is 9.52. The largest absolute Gasteiger partial charge is 0.466 e. The fraction of sp³-hybridized carbons (Fsp3) is 0.636. The summed E-state index contributed by atoms with van der Waals surface area (Å²) < 4.78 is 20.8. The van der Waals surface area contributed by atoms with Crippen molar-refractivity contribution >= 4 is 23.9 Å². The molecular weight excluding hydrogens is 392 g/mol. The van der Waals surface area contributed by atoms with Crippen LogP contribution in [-0.2, 0) is 38.1 Å². The second-order valence-corrected chi connectivity index (χ2v) is 9.01. The first-order chi connectivity index (χ1) is 14.0. The summed E-state index contributed by atoms with van der Waals surface area (Å²) in [6, 6.07) is 0. The van der Waals surface area contributed by atoms with Crippen LogP contribution < -0.4 is 0 Å². The van der Waals surface area contributed by atoms with Crippen LogP contribution >= 0.6 is 0 Å². The standard InChI is InChI=1S/C22H28O8/c1-11(2)12-10-13(29-17(12)23)14(18(24)27-5)22-9-7-8-21(3,4)16(22)15(19(25)28-6)30-20(22)26/h10-11,15-16H,7-9H2,1-6H3/b14-13-/t15-,16-,22-/m0/s1. The van der Waals surface area contributed by atoms with Crippen LogP contribution in [0.3, 0.4) is 0 Å². The van der Waals surface area contributed by atoms with Gasteiger partial charge in [0.1, 0.15) is 11.2 Å². The Kier molecular flexibility index (Phi) is 5.56. The number of fused-ring (bicyclic) bond motifs is 1. The molecule has 3 atom stereocenters. The molecule has 1 saturated carbocycles. The average molecular weight is 420 g/mol. The van der Waals surface area contributed by atoms with E-state index in [4.69, 9.17) is 18.9 Å². The zero-order chi connectivity index (χ0) is 22.4. The van der Waals surface area contributed by atoms with Crippen LogP contribution in [0.25, 0.3) is 0 Å². The van der Waals surface area contributed by atoms with Crippen LogP contribution in [0, 0.1) is 22.7 Å². The van der Waals surface area contributed by atoms with Crippen LogP contribution in [0.2, 0.25) is 0 Å². The molecule has 8 nitrogen and oxygen atoms in total. The van der Waals surface area contributed by atoms with E-state index in [1.54, 1.807) is 0 Å². The Morgan fingerprint density at radius 1 is 1.13 bits per heavy atom. The number of rotatable bonds is 4. The molecule has 0 N–H and O–H groups in total. The molecule has 3 rings (SSSR count). The third-order valence-corrected chi connectivity index (χ3v) is 6.53. The molecule has 0 amide bonds. The number of esters is 4. The maximum atomic E-state index is 13.3. The van der Waals surface area contributed by atoms with Crippen molar-refractivity contribution in [3.05, 3.63) is 23.0 Å². The summed E-state index contributed by atoms with van der Waals surface area (Å²) in [7, 11) is 2.42. The Hall–Kier alpha value is -2.64. The van der Waals surface area contributed by atoms with Gasteiger partial charge in [-0.2, -0.15) is 0 Å². The second-order valence-electron chi connectivity index (χ2n) is 9.01. The van der Waals surface area contributed by atoms with Crippen molar-refractivity contribution in [1.29, 1.82) is 0 Å². The highest BCUT2D eigenvalue weighted by Gasteiger charge is 2.69. The monoisotopic (exact) mass is 420 g/mol. The maximum absolute atomic E-state index is 13.3. The molecule has 0 aromatic rings. The number of allylic oxidation sites excluding steroid dienone is 1. The van der Waals surface area contributed by atoms with E-state index >= 15 is 0 Å². The lowest BCUT2D eigenvalue weighted by Gasteiger charge is -2.46. The Morgan fingerprint density at radius 3 is 2.33 bits per heavy atom. The fourth-order valence-corrected chi connectivity index (χ4v) is 5.19. The van der Waals surface area contributed by atoms with Crippen molar-refractivity contribution in [3.63, 3.8) is 0 Å². The summed E-state index contributed by atoms with van der Waals surface area (Å²) in [5, 5.41) is 0. The smallest absolute Gasteiger partial charge is 0.347 e. The number of methoxy groups -OCH3 is 2. The van der Waals surface area contributed by atoms with Gasteiger partial charge in [0, 0.05) is 11.5 Å². The van der Waals surface area contributed by atoms with E-state index in [2.05, 4.69) is 0 Å². The third-order valence-electron chi connectivity index (χ3n) is 6.53. The van der Waals surface area contributed by atoms with E-state index in [0.717, 1.165) is 6.42 Å². The SMILES string of the molecule is COC(=O)/C(=C1\C=C(C(C)C)C(=O)O1)[C@@]12CCCC(C)(C)[C@@H]1[C@@H](C(=O)OC)OC2=O. The maximum Gasteiger partial charge on any atom is 0.347 e. The minimum Gasteiger partial charge on any atom is -0.466 e. The average Bonchev–Trinajstić information content (AvgIpc) is 3.20. The quantitative estimate of drug-likeness (QED) is 0.388. The fourth-order valence-electron chi connectivity index (χ4n) is 5.19. The van der Waals surface area contributed by atoms with Gasteiger partial charge in [0.05, 0.1) is 19.8 Å². The van der Waals surface area contributed by atoms with Gasteiger partial charge in [-0.25, -0.2) is 14.4 Å². The molecule has 1 aliphatic carbocycles. The van der Waals surface area contributed by atoms with Crippen LogP contribution in [0.1, 0.15) is 47.0 Å². The second kappa shape index (κ2) is 7.56. The molecule has 30 heavy (non-hydrogen) atoms. The predicted octanol–water partition coefficient (Wildman–Crippen LogP) is 2.46. The number of carbonyl (C=O) groups excluding carboxylic acids is 4. The molecule has 0 unspecified atom stereocenters. The van der Waals surface area contributed by atoms with Crippen LogP contribution in [0.5, 0.6) is 0 Å². The molecule has 3 aliphatic rings. The van der Waals surface area contributed by atoms with E-state index in [9.17, 15) is 19.2 Å². The van der Waals surface area contributed by atoms with Gasteiger partial charge in [-0.1, -0.05) is 34.1 Å². The Balaban J connectivity index is 2.29. The number of carbonyl (C=O) groups is 4. The van der Waals surface area contributed by atoms with Gasteiger partial charge in [0.15, 0.2) is 0 Å². The molecule has 2 fully saturated rings. The van der Waals surface area contributed by atoms with Crippen LogP contribution in [-0.4, -0.2) is 44.2 Å². The van der Waals surface area contributed by atoms with Gasteiger partial charge in [-0.05, 0) is 30.3 Å². The van der Waals surface area contributed by atoms with Crippen molar-refractivity contribution in [1.82, 2.24) is 0 Å². The minimum absolute atomic E-state index is 0.0132. The first-order valence-electron chi connectivity index (χ1n) is 10.1. The highest BCUT2D eigenvalue weighted by atomic mass is 16.6. The molecule has 0 aromatic carbocycles. The Bertz CT molecular complexity index is 862. The number of cyclic esters (lactones) is 2. The summed E-state index contributed by atoms with van der Waals surface area (Å²) in [4.78, 5) is 51.2. The lowest BCUT2D eigenvalue weighted by Crippen LogP contribution is -2.51. The lowest BCUT2D eigenvalue weighted by molar-refractivity contribution is -0.162. The van der Waals surface area contributed by atoms with Crippen molar-refractivity contribution in [2.24, 2.45) is 22.7 Å². The van der Waals surface area contributed by atoms with Gasteiger partial charge in [-0.3, -0.25) is 4.79 Å². The van der Waals surface area contributed by atoms with Gasteiger partial charge < -0.3 is 18.9 Å². The molecule has 0 spiro atoms. The van der Waals surface area contributed by atoms with Gasteiger partial charge >= 0.3 is 23.9 Å². The summed E-state index contributed by atoms with van der Waals surface area (Å²) >= 11 is 0. The molecule has 164 valence electrons. The summed E-state index contributed by atoms with van der Waals surface area (Å²) in [6.45, 7) is 7.52. The van der Waals surface area contributed by atoms with E-state index in [0.29, 0.717) is 12.0 Å². The number of ether oxygens (including phenoxy) is 4. The van der Waals surface area contributed by atoms with E-state index in [1.165, 1.54) is 20.3 Å². The zero-order valence-electron chi connectivity index (χ0n) is 18.2. The first kappa shape index (κ1) is 22.1. The summed E-state index contributed by atoms with van der Waals surface area (Å²) in [5.41, 5.74) is -1.68. The van der Waals surface area contributed by atoms with E-state index < -0.39 is 46.7 Å². The van der Waals surface area contributed by atoms with Gasteiger partial charge in [0.2, 0.25) is 6.10 Å².